The van der Waals surface area contributed by atoms with Gasteiger partial charge in [0, 0.05) is 17.1 Å². The number of fused-ring (bicyclic) bond motifs is 1. The van der Waals surface area contributed by atoms with Gasteiger partial charge in [0.25, 0.3) is 0 Å². The standard InChI is InChI=1S/C16H23BrClN3/c1-12(2)20(3)8-4-5-9-21-15-10-13(17)6-7-14(15)19-16(21)11-18/h6-7,10,12H,4-5,8-9,11H2,1-3H3. The molecule has 116 valence electrons. The summed E-state index contributed by atoms with van der Waals surface area (Å²) in [4.78, 5) is 6.99. The quantitative estimate of drug-likeness (QED) is 0.521. The lowest BCUT2D eigenvalue weighted by Gasteiger charge is -2.20. The molecule has 5 heteroatoms. The molecule has 0 saturated heterocycles. The van der Waals surface area contributed by atoms with Gasteiger partial charge >= 0.3 is 0 Å². The van der Waals surface area contributed by atoms with Crippen LogP contribution in [0, 0.1) is 0 Å². The predicted octanol–water partition coefficient (Wildman–Crippen LogP) is 4.66. The van der Waals surface area contributed by atoms with Crippen LogP contribution in [0.2, 0.25) is 0 Å². The molecule has 3 nitrogen and oxygen atoms in total. The maximum atomic E-state index is 6.04. The smallest absolute Gasteiger partial charge is 0.124 e. The number of nitrogens with zero attached hydrogens (tertiary/aromatic N) is 3. The number of rotatable bonds is 7. The van der Waals surface area contributed by atoms with Crippen LogP contribution in [0.15, 0.2) is 22.7 Å². The number of imidazole rings is 1. The highest BCUT2D eigenvalue weighted by Gasteiger charge is 2.10. The van der Waals surface area contributed by atoms with Gasteiger partial charge in [-0.2, -0.15) is 0 Å². The van der Waals surface area contributed by atoms with Gasteiger partial charge in [-0.25, -0.2) is 4.98 Å². The molecule has 0 atom stereocenters. The Bertz CT molecular complexity index is 594. The first-order valence-corrected chi connectivity index (χ1v) is 8.76. The monoisotopic (exact) mass is 371 g/mol. The van der Waals surface area contributed by atoms with Gasteiger partial charge in [-0.3, -0.25) is 0 Å². The van der Waals surface area contributed by atoms with Gasteiger partial charge in [-0.1, -0.05) is 15.9 Å². The van der Waals surface area contributed by atoms with Crippen molar-refractivity contribution in [1.29, 1.82) is 0 Å². The molecule has 1 heterocycles. The van der Waals surface area contributed by atoms with E-state index in [-0.39, 0.29) is 0 Å². The van der Waals surface area contributed by atoms with Gasteiger partial charge in [0.15, 0.2) is 0 Å². The van der Waals surface area contributed by atoms with Crippen LogP contribution < -0.4 is 0 Å². The zero-order valence-electron chi connectivity index (χ0n) is 12.9. The molecule has 0 bridgehead atoms. The minimum absolute atomic E-state index is 0.457. The second kappa shape index (κ2) is 7.61. The Balaban J connectivity index is 2.05. The predicted molar refractivity (Wildman–Crippen MR) is 94.0 cm³/mol. The number of alkyl halides is 1. The fraction of sp³-hybridized carbons (Fsp3) is 0.562. The lowest BCUT2D eigenvalue weighted by atomic mass is 10.2. The first-order chi connectivity index (χ1) is 10.0. The molecule has 0 unspecified atom stereocenters. The van der Waals surface area contributed by atoms with Crippen LogP contribution in [0.3, 0.4) is 0 Å². The van der Waals surface area contributed by atoms with Crippen LogP contribution in [0.4, 0.5) is 0 Å². The normalized spacial score (nSPS) is 12.0. The van der Waals surface area contributed by atoms with Crippen molar-refractivity contribution in [2.75, 3.05) is 13.6 Å². The average molecular weight is 373 g/mol. The van der Waals surface area contributed by atoms with E-state index in [0.717, 1.165) is 40.8 Å². The third-order valence-electron chi connectivity index (χ3n) is 3.93. The highest BCUT2D eigenvalue weighted by molar-refractivity contribution is 9.10. The van der Waals surface area contributed by atoms with Crippen LogP contribution in [0.5, 0.6) is 0 Å². The summed E-state index contributed by atoms with van der Waals surface area (Å²) < 4.78 is 3.33. The molecule has 0 aliphatic rings. The molecule has 0 aliphatic heterocycles. The van der Waals surface area contributed by atoms with Crippen LogP contribution in [-0.2, 0) is 12.4 Å². The van der Waals surface area contributed by atoms with Crippen molar-refractivity contribution in [1.82, 2.24) is 14.5 Å². The first kappa shape index (κ1) is 16.8. The summed E-state index contributed by atoms with van der Waals surface area (Å²) in [5, 5.41) is 0. The van der Waals surface area contributed by atoms with Gasteiger partial charge in [0.2, 0.25) is 0 Å². The van der Waals surface area contributed by atoms with Gasteiger partial charge in [0.05, 0.1) is 16.9 Å². The zero-order valence-corrected chi connectivity index (χ0v) is 15.3. The first-order valence-electron chi connectivity index (χ1n) is 7.43. The Morgan fingerprint density at radius 1 is 1.33 bits per heavy atom. The highest BCUT2D eigenvalue weighted by Crippen LogP contribution is 2.22. The number of benzene rings is 1. The second-order valence-corrected chi connectivity index (χ2v) is 6.91. The van der Waals surface area contributed by atoms with Crippen molar-refractivity contribution in [2.45, 2.75) is 45.2 Å². The molecular formula is C16H23BrClN3. The Morgan fingerprint density at radius 3 is 2.76 bits per heavy atom. The Labute approximate surface area is 140 Å². The largest absolute Gasteiger partial charge is 0.327 e. The molecule has 1 aromatic heterocycles. The van der Waals surface area contributed by atoms with Crippen molar-refractivity contribution >= 4 is 38.6 Å². The summed E-state index contributed by atoms with van der Waals surface area (Å²) in [6.45, 7) is 6.56. The van der Waals surface area contributed by atoms with Crippen molar-refractivity contribution in [2.24, 2.45) is 0 Å². The molecule has 21 heavy (non-hydrogen) atoms. The summed E-state index contributed by atoms with van der Waals surface area (Å²) in [5.41, 5.74) is 2.19. The van der Waals surface area contributed by atoms with Gasteiger partial charge in [-0.15, -0.1) is 11.6 Å². The molecule has 2 rings (SSSR count). The lowest BCUT2D eigenvalue weighted by Crippen LogP contribution is -2.27. The Morgan fingerprint density at radius 2 is 2.10 bits per heavy atom. The number of halogens is 2. The van der Waals surface area contributed by atoms with E-state index in [0.29, 0.717) is 11.9 Å². The molecule has 0 saturated carbocycles. The topological polar surface area (TPSA) is 21.1 Å². The number of hydrogen-bond donors (Lipinski definition) is 0. The van der Waals surface area contributed by atoms with Gasteiger partial charge in [0.1, 0.15) is 5.82 Å². The molecular weight excluding hydrogens is 350 g/mol. The molecule has 1 aromatic carbocycles. The molecule has 0 N–H and O–H groups in total. The Hall–Kier alpha value is -0.580. The average Bonchev–Trinajstić information content (AvgIpc) is 2.80. The summed E-state index contributed by atoms with van der Waals surface area (Å²) >= 11 is 9.58. The fourth-order valence-corrected chi connectivity index (χ4v) is 2.94. The molecule has 0 amide bonds. The molecule has 0 aliphatic carbocycles. The van der Waals surface area contributed by atoms with Crippen molar-refractivity contribution < 1.29 is 0 Å². The lowest BCUT2D eigenvalue weighted by molar-refractivity contribution is 0.266. The SMILES string of the molecule is CC(C)N(C)CCCCn1c(CCl)nc2ccc(Br)cc21. The number of aryl methyl sites for hydroxylation is 1. The third-order valence-corrected chi connectivity index (χ3v) is 4.67. The third kappa shape index (κ3) is 4.21. The second-order valence-electron chi connectivity index (χ2n) is 5.73. The van der Waals surface area contributed by atoms with E-state index >= 15 is 0 Å². The molecule has 0 radical (unpaired) electrons. The van der Waals surface area contributed by atoms with E-state index in [9.17, 15) is 0 Å². The maximum absolute atomic E-state index is 6.04. The summed E-state index contributed by atoms with van der Waals surface area (Å²) in [7, 11) is 2.18. The summed E-state index contributed by atoms with van der Waals surface area (Å²) in [5.74, 6) is 1.42. The van der Waals surface area contributed by atoms with Crippen LogP contribution in [-0.4, -0.2) is 34.1 Å². The fourth-order valence-electron chi connectivity index (χ4n) is 2.39. The van der Waals surface area contributed by atoms with E-state index in [1.54, 1.807) is 0 Å². The maximum Gasteiger partial charge on any atom is 0.124 e. The zero-order chi connectivity index (χ0) is 15.4. The minimum atomic E-state index is 0.457. The van der Waals surface area contributed by atoms with Crippen molar-refractivity contribution in [3.8, 4) is 0 Å². The number of unbranched alkanes of at least 4 members (excludes halogenated alkanes) is 1. The van der Waals surface area contributed by atoms with E-state index in [1.165, 1.54) is 6.42 Å². The molecule has 2 aromatic rings. The molecule has 0 fully saturated rings. The van der Waals surface area contributed by atoms with Gasteiger partial charge < -0.3 is 9.47 Å². The summed E-state index contributed by atoms with van der Waals surface area (Å²) in [6, 6.07) is 6.79. The highest BCUT2D eigenvalue weighted by atomic mass is 79.9. The van der Waals surface area contributed by atoms with Gasteiger partial charge in [-0.05, 0) is 58.5 Å². The van der Waals surface area contributed by atoms with E-state index in [1.807, 2.05) is 12.1 Å². The van der Waals surface area contributed by atoms with Crippen molar-refractivity contribution in [3.05, 3.63) is 28.5 Å². The number of hydrogen-bond acceptors (Lipinski definition) is 2. The van der Waals surface area contributed by atoms with Crippen molar-refractivity contribution in [3.63, 3.8) is 0 Å². The minimum Gasteiger partial charge on any atom is -0.327 e. The van der Waals surface area contributed by atoms with E-state index in [4.69, 9.17) is 11.6 Å². The van der Waals surface area contributed by atoms with E-state index < -0.39 is 0 Å². The number of aromatic nitrogens is 2. The molecule has 0 spiro atoms. The van der Waals surface area contributed by atoms with E-state index in [2.05, 4.69) is 57.3 Å². The summed E-state index contributed by atoms with van der Waals surface area (Å²) in [6.07, 6.45) is 2.32. The van der Waals surface area contributed by atoms with Crippen LogP contribution >= 0.6 is 27.5 Å². The van der Waals surface area contributed by atoms with Crippen LogP contribution in [0.25, 0.3) is 11.0 Å². The Kier molecular flexibility index (Phi) is 6.08. The van der Waals surface area contributed by atoms with Crippen LogP contribution in [0.1, 0.15) is 32.5 Å².